The first-order valence-electron chi connectivity index (χ1n) is 4.46. The van der Waals surface area contributed by atoms with E-state index in [1.807, 2.05) is 0 Å². The minimum atomic E-state index is -0.00880. The summed E-state index contributed by atoms with van der Waals surface area (Å²) in [6, 6.07) is -0.00880. The highest BCUT2D eigenvalue weighted by atomic mass is 16.2. The van der Waals surface area contributed by atoms with Crippen molar-refractivity contribution in [3.05, 3.63) is 12.7 Å². The largest absolute Gasteiger partial charge is 0.355 e. The molecule has 68 valence electrons. The topological polar surface area (TPSA) is 41.1 Å². The molecule has 3 nitrogen and oxygen atoms in total. The second-order valence-electron chi connectivity index (χ2n) is 3.04. The Morgan fingerprint density at radius 2 is 2.50 bits per heavy atom. The van der Waals surface area contributed by atoms with Crippen LogP contribution in [0.1, 0.15) is 19.3 Å². The van der Waals surface area contributed by atoms with Gasteiger partial charge in [0.25, 0.3) is 0 Å². The Morgan fingerprint density at radius 3 is 3.25 bits per heavy atom. The van der Waals surface area contributed by atoms with Gasteiger partial charge in [0, 0.05) is 13.1 Å². The molecular weight excluding hydrogens is 152 g/mol. The Hall–Kier alpha value is -0.830. The number of hydrogen-bond donors (Lipinski definition) is 2. The average molecular weight is 168 g/mol. The zero-order valence-corrected chi connectivity index (χ0v) is 7.31. The number of nitrogens with one attached hydrogen (secondary N) is 2. The smallest absolute Gasteiger partial charge is 0.237 e. The van der Waals surface area contributed by atoms with Gasteiger partial charge in [-0.05, 0) is 19.3 Å². The Balaban J connectivity index is 2.36. The second kappa shape index (κ2) is 4.93. The molecule has 0 radical (unpaired) electrons. The fraction of sp³-hybridized carbons (Fsp3) is 0.667. The SMILES string of the molecule is C=CCNC1CCCCNC1=O. The van der Waals surface area contributed by atoms with Crippen LogP contribution < -0.4 is 10.6 Å². The first-order chi connectivity index (χ1) is 5.84. The van der Waals surface area contributed by atoms with E-state index in [-0.39, 0.29) is 11.9 Å². The number of amides is 1. The van der Waals surface area contributed by atoms with E-state index < -0.39 is 0 Å². The zero-order chi connectivity index (χ0) is 8.81. The molecule has 1 unspecified atom stereocenters. The first-order valence-corrected chi connectivity index (χ1v) is 4.46. The summed E-state index contributed by atoms with van der Waals surface area (Å²) in [5.41, 5.74) is 0. The van der Waals surface area contributed by atoms with E-state index in [0.717, 1.165) is 25.8 Å². The highest BCUT2D eigenvalue weighted by Crippen LogP contribution is 2.04. The van der Waals surface area contributed by atoms with E-state index in [4.69, 9.17) is 0 Å². The number of hydrogen-bond acceptors (Lipinski definition) is 2. The minimum Gasteiger partial charge on any atom is -0.355 e. The van der Waals surface area contributed by atoms with Crippen molar-refractivity contribution in [1.29, 1.82) is 0 Å². The molecule has 12 heavy (non-hydrogen) atoms. The van der Waals surface area contributed by atoms with Crippen LogP contribution in [0.5, 0.6) is 0 Å². The molecule has 0 aliphatic carbocycles. The van der Waals surface area contributed by atoms with Crippen LogP contribution in [0, 0.1) is 0 Å². The summed E-state index contributed by atoms with van der Waals surface area (Å²) in [5.74, 6) is 0.134. The molecule has 3 heteroatoms. The maximum atomic E-state index is 11.3. The van der Waals surface area contributed by atoms with Gasteiger partial charge in [0.15, 0.2) is 0 Å². The Labute approximate surface area is 73.2 Å². The van der Waals surface area contributed by atoms with E-state index in [9.17, 15) is 4.79 Å². The van der Waals surface area contributed by atoms with Crippen molar-refractivity contribution in [2.24, 2.45) is 0 Å². The van der Waals surface area contributed by atoms with Crippen molar-refractivity contribution in [3.63, 3.8) is 0 Å². The lowest BCUT2D eigenvalue weighted by Gasteiger charge is -2.12. The molecule has 0 aromatic rings. The van der Waals surface area contributed by atoms with Gasteiger partial charge in [-0.15, -0.1) is 6.58 Å². The van der Waals surface area contributed by atoms with Crippen LogP contribution in [0.25, 0.3) is 0 Å². The lowest BCUT2D eigenvalue weighted by atomic mass is 10.1. The molecule has 0 aromatic heterocycles. The molecule has 2 N–H and O–H groups in total. The van der Waals surface area contributed by atoms with Crippen molar-refractivity contribution >= 4 is 5.91 Å². The third-order valence-electron chi connectivity index (χ3n) is 2.04. The number of carbonyl (C=O) groups excluding carboxylic acids is 1. The van der Waals surface area contributed by atoms with Gasteiger partial charge in [-0.25, -0.2) is 0 Å². The van der Waals surface area contributed by atoms with Crippen molar-refractivity contribution in [2.45, 2.75) is 25.3 Å². The fourth-order valence-electron chi connectivity index (χ4n) is 1.36. The third-order valence-corrected chi connectivity index (χ3v) is 2.04. The van der Waals surface area contributed by atoms with Crippen molar-refractivity contribution in [1.82, 2.24) is 10.6 Å². The van der Waals surface area contributed by atoms with Crippen LogP contribution in [0.3, 0.4) is 0 Å². The van der Waals surface area contributed by atoms with Crippen LogP contribution >= 0.6 is 0 Å². The number of rotatable bonds is 3. The molecule has 1 rings (SSSR count). The lowest BCUT2D eigenvalue weighted by molar-refractivity contribution is -0.122. The molecule has 0 saturated carbocycles. The van der Waals surface area contributed by atoms with Crippen LogP contribution in [-0.4, -0.2) is 25.0 Å². The summed E-state index contributed by atoms with van der Waals surface area (Å²) in [6.45, 7) is 5.13. The summed E-state index contributed by atoms with van der Waals surface area (Å²) in [5, 5.41) is 6.00. The predicted octanol–water partition coefficient (Wildman–Crippen LogP) is 0.431. The predicted molar refractivity (Wildman–Crippen MR) is 48.8 cm³/mol. The van der Waals surface area contributed by atoms with Gasteiger partial charge in [0.1, 0.15) is 0 Å². The second-order valence-corrected chi connectivity index (χ2v) is 3.04. The molecule has 0 aromatic carbocycles. The summed E-state index contributed by atoms with van der Waals surface area (Å²) in [7, 11) is 0. The molecule has 1 aliphatic rings. The first kappa shape index (κ1) is 9.26. The van der Waals surface area contributed by atoms with E-state index in [1.165, 1.54) is 0 Å². The molecule has 1 aliphatic heterocycles. The van der Waals surface area contributed by atoms with Crippen LogP contribution in [0.4, 0.5) is 0 Å². The summed E-state index contributed by atoms with van der Waals surface area (Å²) in [4.78, 5) is 11.3. The van der Waals surface area contributed by atoms with E-state index in [1.54, 1.807) is 6.08 Å². The normalized spacial score (nSPS) is 24.3. The maximum absolute atomic E-state index is 11.3. The zero-order valence-electron chi connectivity index (χ0n) is 7.31. The molecule has 1 fully saturated rings. The van der Waals surface area contributed by atoms with E-state index in [0.29, 0.717) is 6.54 Å². The lowest BCUT2D eigenvalue weighted by Crippen LogP contribution is -2.42. The quantitative estimate of drug-likeness (QED) is 0.600. The molecule has 0 bridgehead atoms. The molecule has 1 amide bonds. The highest BCUT2D eigenvalue weighted by molar-refractivity contribution is 5.81. The van der Waals surface area contributed by atoms with Crippen molar-refractivity contribution in [2.75, 3.05) is 13.1 Å². The van der Waals surface area contributed by atoms with E-state index >= 15 is 0 Å². The van der Waals surface area contributed by atoms with Crippen molar-refractivity contribution in [3.8, 4) is 0 Å². The van der Waals surface area contributed by atoms with E-state index in [2.05, 4.69) is 17.2 Å². The maximum Gasteiger partial charge on any atom is 0.237 e. The van der Waals surface area contributed by atoms with Gasteiger partial charge in [-0.3, -0.25) is 4.79 Å². The third kappa shape index (κ3) is 2.66. The summed E-state index contributed by atoms with van der Waals surface area (Å²) < 4.78 is 0. The molecule has 1 heterocycles. The average Bonchev–Trinajstić information content (AvgIpc) is 2.27. The Morgan fingerprint density at radius 1 is 1.67 bits per heavy atom. The number of carbonyl (C=O) groups is 1. The summed E-state index contributed by atoms with van der Waals surface area (Å²) in [6.07, 6.45) is 4.93. The Bertz CT molecular complexity index is 168. The van der Waals surface area contributed by atoms with Gasteiger partial charge in [-0.2, -0.15) is 0 Å². The van der Waals surface area contributed by atoms with Gasteiger partial charge < -0.3 is 10.6 Å². The molecule has 1 saturated heterocycles. The highest BCUT2D eigenvalue weighted by Gasteiger charge is 2.18. The van der Waals surface area contributed by atoms with Crippen LogP contribution in [0.15, 0.2) is 12.7 Å². The fourth-order valence-corrected chi connectivity index (χ4v) is 1.36. The standard InChI is InChI=1S/C9H16N2O/c1-2-6-10-8-5-3-4-7-11-9(8)12/h2,8,10H,1,3-7H2,(H,11,12). The minimum absolute atomic E-state index is 0.00880. The Kier molecular flexibility index (Phi) is 3.80. The van der Waals surface area contributed by atoms with Gasteiger partial charge in [0.2, 0.25) is 5.91 Å². The van der Waals surface area contributed by atoms with Gasteiger partial charge in [-0.1, -0.05) is 6.08 Å². The monoisotopic (exact) mass is 168 g/mol. The van der Waals surface area contributed by atoms with Gasteiger partial charge in [0.05, 0.1) is 6.04 Å². The molecular formula is C9H16N2O. The molecule has 0 spiro atoms. The molecule has 1 atom stereocenters. The van der Waals surface area contributed by atoms with Crippen LogP contribution in [0.2, 0.25) is 0 Å². The van der Waals surface area contributed by atoms with Crippen LogP contribution in [-0.2, 0) is 4.79 Å². The van der Waals surface area contributed by atoms with Crippen molar-refractivity contribution < 1.29 is 4.79 Å². The van der Waals surface area contributed by atoms with Gasteiger partial charge >= 0.3 is 0 Å². The summed E-state index contributed by atoms with van der Waals surface area (Å²) >= 11 is 0.